The number of rotatable bonds is 2. The summed E-state index contributed by atoms with van der Waals surface area (Å²) >= 11 is 0. The van der Waals surface area contributed by atoms with Crippen LogP contribution in [0, 0.1) is 6.92 Å². The van der Waals surface area contributed by atoms with Gasteiger partial charge in [-0.25, -0.2) is 0 Å². The molecule has 0 fully saturated rings. The smallest absolute Gasteiger partial charge is 0.173 e. The van der Waals surface area contributed by atoms with Crippen LogP contribution in [0.25, 0.3) is 0 Å². The maximum Gasteiger partial charge on any atom is 0.173 e. The number of furan rings is 1. The summed E-state index contributed by atoms with van der Waals surface area (Å²) in [5, 5.41) is 1.02. The second-order valence-electron chi connectivity index (χ2n) is 1.64. The van der Waals surface area contributed by atoms with E-state index in [-0.39, 0.29) is 0 Å². The van der Waals surface area contributed by atoms with Crippen LogP contribution >= 0.6 is 21.6 Å². The molecule has 50 valence electrons. The highest BCUT2D eigenvalue weighted by Crippen LogP contribution is 2.31. The first-order chi connectivity index (χ1) is 4.34. The Kier molecular flexibility index (Phi) is 2.54. The van der Waals surface area contributed by atoms with Crippen LogP contribution in [-0.4, -0.2) is 6.26 Å². The minimum Gasteiger partial charge on any atom is -0.457 e. The molecule has 0 saturated heterocycles. The van der Waals surface area contributed by atoms with Gasteiger partial charge in [0.05, 0.1) is 6.26 Å². The Labute approximate surface area is 62.6 Å². The van der Waals surface area contributed by atoms with Gasteiger partial charge in [0, 0.05) is 5.56 Å². The van der Waals surface area contributed by atoms with Crippen molar-refractivity contribution in [3.63, 3.8) is 0 Å². The van der Waals surface area contributed by atoms with Crippen LogP contribution < -0.4 is 0 Å². The van der Waals surface area contributed by atoms with Crippen molar-refractivity contribution < 1.29 is 4.42 Å². The van der Waals surface area contributed by atoms with Gasteiger partial charge in [-0.2, -0.15) is 0 Å². The van der Waals surface area contributed by atoms with Crippen LogP contribution in [0.15, 0.2) is 21.8 Å². The van der Waals surface area contributed by atoms with Crippen molar-refractivity contribution in [3.8, 4) is 0 Å². The summed E-state index contributed by atoms with van der Waals surface area (Å²) in [5.74, 6) is 0. The van der Waals surface area contributed by atoms with Crippen LogP contribution in [0.3, 0.4) is 0 Å². The molecule has 0 N–H and O–H groups in total. The van der Waals surface area contributed by atoms with Gasteiger partial charge in [0.15, 0.2) is 5.09 Å². The zero-order chi connectivity index (χ0) is 6.69. The highest BCUT2D eigenvalue weighted by atomic mass is 33.1. The standard InChI is InChI=1S/C6H8OS2/c1-5-3-4-7-6(5)9-8-2/h3-4H,1-2H3. The van der Waals surface area contributed by atoms with E-state index in [1.54, 1.807) is 27.9 Å². The van der Waals surface area contributed by atoms with Crippen molar-refractivity contribution in [2.24, 2.45) is 0 Å². The van der Waals surface area contributed by atoms with Crippen molar-refractivity contribution >= 4 is 21.6 Å². The Morgan fingerprint density at radius 3 is 2.78 bits per heavy atom. The van der Waals surface area contributed by atoms with E-state index in [2.05, 4.69) is 0 Å². The third-order valence-electron chi connectivity index (χ3n) is 0.974. The molecule has 0 radical (unpaired) electrons. The topological polar surface area (TPSA) is 13.1 Å². The summed E-state index contributed by atoms with van der Waals surface area (Å²) in [6.45, 7) is 2.04. The van der Waals surface area contributed by atoms with Crippen molar-refractivity contribution in [1.29, 1.82) is 0 Å². The Hall–Kier alpha value is -0.0200. The quantitative estimate of drug-likeness (QED) is 0.617. The summed E-state index contributed by atoms with van der Waals surface area (Å²) < 4.78 is 5.15. The molecule has 9 heavy (non-hydrogen) atoms. The normalized spacial score (nSPS) is 10.0. The Morgan fingerprint density at radius 1 is 1.56 bits per heavy atom. The largest absolute Gasteiger partial charge is 0.457 e. The predicted octanol–water partition coefficient (Wildman–Crippen LogP) is 2.96. The summed E-state index contributed by atoms with van der Waals surface area (Å²) in [5.41, 5.74) is 1.22. The molecule has 3 heteroatoms. The average molecular weight is 160 g/mol. The lowest BCUT2D eigenvalue weighted by Gasteiger charge is -1.90. The molecule has 0 atom stereocenters. The Morgan fingerprint density at radius 2 is 2.33 bits per heavy atom. The monoisotopic (exact) mass is 160 g/mol. The van der Waals surface area contributed by atoms with Gasteiger partial charge in [-0.3, -0.25) is 0 Å². The SMILES string of the molecule is CSSc1occc1C. The van der Waals surface area contributed by atoms with Crippen LogP contribution in [0.5, 0.6) is 0 Å². The minimum atomic E-state index is 1.02. The Bertz CT molecular complexity index is 183. The first-order valence-electron chi connectivity index (χ1n) is 2.59. The molecule has 0 aliphatic rings. The molecule has 1 heterocycles. The third kappa shape index (κ3) is 1.69. The average Bonchev–Trinajstić information content (AvgIpc) is 2.18. The first kappa shape index (κ1) is 7.09. The van der Waals surface area contributed by atoms with Gasteiger partial charge in [0.2, 0.25) is 0 Å². The molecule has 0 aromatic carbocycles. The molecular formula is C6H8OS2. The molecule has 0 saturated carbocycles. The third-order valence-corrected chi connectivity index (χ3v) is 2.66. The van der Waals surface area contributed by atoms with Gasteiger partial charge < -0.3 is 4.42 Å². The lowest BCUT2D eigenvalue weighted by Crippen LogP contribution is -1.62. The van der Waals surface area contributed by atoms with E-state index in [0.29, 0.717) is 0 Å². The van der Waals surface area contributed by atoms with Gasteiger partial charge in [-0.05, 0) is 30.0 Å². The molecule has 0 bridgehead atoms. The van der Waals surface area contributed by atoms with Crippen LogP contribution in [0.4, 0.5) is 0 Å². The fourth-order valence-electron chi connectivity index (χ4n) is 0.520. The predicted molar refractivity (Wildman–Crippen MR) is 42.8 cm³/mol. The van der Waals surface area contributed by atoms with E-state index < -0.39 is 0 Å². The molecule has 1 aromatic heterocycles. The van der Waals surface area contributed by atoms with Crippen molar-refractivity contribution in [2.45, 2.75) is 12.0 Å². The summed E-state index contributed by atoms with van der Waals surface area (Å²) in [4.78, 5) is 0. The molecule has 1 aromatic rings. The summed E-state index contributed by atoms with van der Waals surface area (Å²) in [6.07, 6.45) is 3.75. The van der Waals surface area contributed by atoms with E-state index in [9.17, 15) is 0 Å². The fraction of sp³-hybridized carbons (Fsp3) is 0.333. The lowest BCUT2D eigenvalue weighted by molar-refractivity contribution is 0.472. The molecule has 0 spiro atoms. The van der Waals surface area contributed by atoms with Crippen molar-refractivity contribution in [3.05, 3.63) is 17.9 Å². The maximum atomic E-state index is 5.15. The zero-order valence-electron chi connectivity index (χ0n) is 5.38. The van der Waals surface area contributed by atoms with Crippen LogP contribution in [0.2, 0.25) is 0 Å². The van der Waals surface area contributed by atoms with Gasteiger partial charge in [-0.15, -0.1) is 0 Å². The number of hydrogen-bond acceptors (Lipinski definition) is 3. The minimum absolute atomic E-state index is 1.02. The second kappa shape index (κ2) is 3.22. The van der Waals surface area contributed by atoms with Crippen molar-refractivity contribution in [1.82, 2.24) is 0 Å². The molecular weight excluding hydrogens is 152 g/mol. The lowest BCUT2D eigenvalue weighted by atomic mass is 10.4. The fourth-order valence-corrected chi connectivity index (χ4v) is 1.93. The van der Waals surface area contributed by atoms with Gasteiger partial charge in [0.1, 0.15) is 0 Å². The molecule has 0 aliphatic heterocycles. The zero-order valence-corrected chi connectivity index (χ0v) is 7.01. The second-order valence-corrected chi connectivity index (χ2v) is 4.01. The van der Waals surface area contributed by atoms with Gasteiger partial charge in [-0.1, -0.05) is 10.8 Å². The van der Waals surface area contributed by atoms with Crippen LogP contribution in [-0.2, 0) is 0 Å². The maximum absolute atomic E-state index is 5.15. The van der Waals surface area contributed by atoms with Gasteiger partial charge >= 0.3 is 0 Å². The van der Waals surface area contributed by atoms with E-state index >= 15 is 0 Å². The van der Waals surface area contributed by atoms with Crippen molar-refractivity contribution in [2.75, 3.05) is 6.26 Å². The molecule has 0 amide bonds. The molecule has 0 unspecified atom stereocenters. The van der Waals surface area contributed by atoms with E-state index in [1.165, 1.54) is 5.56 Å². The van der Waals surface area contributed by atoms with E-state index in [0.717, 1.165) is 5.09 Å². The molecule has 1 rings (SSSR count). The highest BCUT2D eigenvalue weighted by Gasteiger charge is 1.99. The van der Waals surface area contributed by atoms with E-state index in [1.807, 2.05) is 19.2 Å². The summed E-state index contributed by atoms with van der Waals surface area (Å²) in [7, 11) is 3.35. The Balaban J connectivity index is 2.69. The summed E-state index contributed by atoms with van der Waals surface area (Å²) in [6, 6.07) is 1.97. The van der Waals surface area contributed by atoms with E-state index in [4.69, 9.17) is 4.42 Å². The highest BCUT2D eigenvalue weighted by molar-refractivity contribution is 8.76. The number of hydrogen-bond donors (Lipinski definition) is 0. The van der Waals surface area contributed by atoms with Crippen LogP contribution in [0.1, 0.15) is 5.56 Å². The first-order valence-corrected chi connectivity index (χ1v) is 5.15. The molecule has 0 aliphatic carbocycles. The van der Waals surface area contributed by atoms with Gasteiger partial charge in [0.25, 0.3) is 0 Å². The molecule has 1 nitrogen and oxygen atoms in total. The number of aryl methyl sites for hydroxylation is 1.